The number of nitrogen functional groups attached to an aromatic ring is 1. The van der Waals surface area contributed by atoms with E-state index >= 15 is 0 Å². The third kappa shape index (κ3) is 2.76. The van der Waals surface area contributed by atoms with E-state index in [9.17, 15) is 4.39 Å². The Labute approximate surface area is 118 Å². The van der Waals surface area contributed by atoms with Crippen LogP contribution in [0.1, 0.15) is 11.3 Å². The van der Waals surface area contributed by atoms with E-state index in [0.29, 0.717) is 10.0 Å². The number of aryl methyl sites for hydroxylation is 1. The predicted octanol–water partition coefficient (Wildman–Crippen LogP) is 2.57. The number of imidazole rings is 1. The van der Waals surface area contributed by atoms with Crippen LogP contribution in [0, 0.1) is 12.7 Å². The molecule has 2 N–H and O–H groups in total. The van der Waals surface area contributed by atoms with Crippen molar-refractivity contribution in [2.24, 2.45) is 5.10 Å². The third-order valence-electron chi connectivity index (χ3n) is 2.44. The highest BCUT2D eigenvalue weighted by Crippen LogP contribution is 2.27. The number of nitrogens with zero attached hydrogens (tertiary/aromatic N) is 3. The van der Waals surface area contributed by atoms with Crippen molar-refractivity contribution < 1.29 is 9.13 Å². The minimum atomic E-state index is -0.471. The summed E-state index contributed by atoms with van der Waals surface area (Å²) in [5, 5.41) is 4.12. The monoisotopic (exact) mass is 326 g/mol. The van der Waals surface area contributed by atoms with E-state index in [1.165, 1.54) is 18.0 Å². The van der Waals surface area contributed by atoms with Crippen LogP contribution in [0.25, 0.3) is 0 Å². The van der Waals surface area contributed by atoms with Crippen LogP contribution in [-0.4, -0.2) is 23.0 Å². The van der Waals surface area contributed by atoms with Crippen molar-refractivity contribution in [3.8, 4) is 5.75 Å². The molecule has 1 heterocycles. The normalized spacial score (nSPS) is 11.2. The number of anilines is 1. The first-order valence-corrected chi connectivity index (χ1v) is 6.20. The molecular formula is C12H12BrFN4O. The lowest BCUT2D eigenvalue weighted by molar-refractivity contribution is 0.384. The molecule has 19 heavy (non-hydrogen) atoms. The zero-order valence-electron chi connectivity index (χ0n) is 10.4. The standard InChI is InChI=1S/C12H12BrFN4O/c1-7-6-18(12(15)17-7)16-5-8-3-4-9(13)10(14)11(8)19-2/h3-6H,1-2H3,(H2,15,17). The van der Waals surface area contributed by atoms with Crippen molar-refractivity contribution in [1.29, 1.82) is 0 Å². The molecule has 1 aromatic carbocycles. The Kier molecular flexibility index (Phi) is 3.84. The Morgan fingerprint density at radius 3 is 2.84 bits per heavy atom. The molecule has 2 aromatic rings. The fourth-order valence-corrected chi connectivity index (χ4v) is 1.89. The fraction of sp³-hybridized carbons (Fsp3) is 0.167. The molecule has 100 valence electrons. The fourth-order valence-electron chi connectivity index (χ4n) is 1.58. The van der Waals surface area contributed by atoms with E-state index in [0.717, 1.165) is 5.69 Å². The number of aromatic nitrogens is 2. The number of benzene rings is 1. The number of nitrogens with two attached hydrogens (primary N) is 1. The minimum Gasteiger partial charge on any atom is -0.493 e. The van der Waals surface area contributed by atoms with Gasteiger partial charge in [0.1, 0.15) is 0 Å². The van der Waals surface area contributed by atoms with Gasteiger partial charge in [0.15, 0.2) is 11.6 Å². The average Bonchev–Trinajstić information content (AvgIpc) is 2.69. The lowest BCUT2D eigenvalue weighted by Gasteiger charge is -2.06. The van der Waals surface area contributed by atoms with Crippen molar-refractivity contribution in [2.45, 2.75) is 6.92 Å². The molecule has 0 saturated heterocycles. The summed E-state index contributed by atoms with van der Waals surface area (Å²) in [6.45, 7) is 1.81. The zero-order chi connectivity index (χ0) is 14.0. The van der Waals surface area contributed by atoms with Gasteiger partial charge in [0, 0.05) is 5.56 Å². The van der Waals surface area contributed by atoms with Gasteiger partial charge < -0.3 is 10.5 Å². The quantitative estimate of drug-likeness (QED) is 0.881. The van der Waals surface area contributed by atoms with E-state index in [2.05, 4.69) is 26.0 Å². The lowest BCUT2D eigenvalue weighted by atomic mass is 10.2. The zero-order valence-corrected chi connectivity index (χ0v) is 12.0. The van der Waals surface area contributed by atoms with E-state index in [1.807, 2.05) is 6.92 Å². The van der Waals surface area contributed by atoms with E-state index < -0.39 is 5.82 Å². The van der Waals surface area contributed by atoms with E-state index in [-0.39, 0.29) is 11.7 Å². The first kappa shape index (κ1) is 13.5. The number of hydrogen-bond acceptors (Lipinski definition) is 4. The first-order chi connectivity index (χ1) is 9.02. The van der Waals surface area contributed by atoms with Crippen LogP contribution in [0.5, 0.6) is 5.75 Å². The van der Waals surface area contributed by atoms with Gasteiger partial charge in [-0.2, -0.15) is 5.10 Å². The SMILES string of the molecule is COc1c(C=Nn2cc(C)nc2N)ccc(Br)c1F. The van der Waals surface area contributed by atoms with Gasteiger partial charge in [-0.05, 0) is 35.0 Å². The Balaban J connectivity index is 2.38. The topological polar surface area (TPSA) is 65.4 Å². The molecule has 0 aliphatic rings. The van der Waals surface area contributed by atoms with Crippen LogP contribution in [-0.2, 0) is 0 Å². The second kappa shape index (κ2) is 5.40. The Bertz CT molecular complexity index is 639. The van der Waals surface area contributed by atoms with Gasteiger partial charge in [-0.15, -0.1) is 0 Å². The molecule has 0 atom stereocenters. The van der Waals surface area contributed by atoms with Crippen LogP contribution in [0.2, 0.25) is 0 Å². The number of methoxy groups -OCH3 is 1. The Morgan fingerprint density at radius 1 is 1.53 bits per heavy atom. The van der Waals surface area contributed by atoms with Crippen LogP contribution < -0.4 is 10.5 Å². The van der Waals surface area contributed by atoms with Crippen molar-refractivity contribution >= 4 is 28.1 Å². The van der Waals surface area contributed by atoms with E-state index in [4.69, 9.17) is 10.5 Å². The van der Waals surface area contributed by atoms with Crippen molar-refractivity contribution in [2.75, 3.05) is 12.8 Å². The van der Waals surface area contributed by atoms with Gasteiger partial charge >= 0.3 is 0 Å². The summed E-state index contributed by atoms with van der Waals surface area (Å²) in [5.74, 6) is -0.0833. The van der Waals surface area contributed by atoms with Gasteiger partial charge in [-0.3, -0.25) is 0 Å². The summed E-state index contributed by atoms with van der Waals surface area (Å²) >= 11 is 3.10. The predicted molar refractivity (Wildman–Crippen MR) is 75.0 cm³/mol. The molecule has 5 nitrogen and oxygen atoms in total. The third-order valence-corrected chi connectivity index (χ3v) is 3.05. The smallest absolute Gasteiger partial charge is 0.221 e. The second-order valence-electron chi connectivity index (χ2n) is 3.81. The Hall–Kier alpha value is -1.89. The molecular weight excluding hydrogens is 315 g/mol. The second-order valence-corrected chi connectivity index (χ2v) is 4.67. The molecule has 0 bridgehead atoms. The molecule has 7 heteroatoms. The molecule has 1 aromatic heterocycles. The van der Waals surface area contributed by atoms with E-state index in [1.54, 1.807) is 18.3 Å². The molecule has 0 aliphatic carbocycles. The minimum absolute atomic E-state index is 0.119. The maximum absolute atomic E-state index is 13.8. The molecule has 0 fully saturated rings. The number of ether oxygens (including phenoxy) is 1. The summed E-state index contributed by atoms with van der Waals surface area (Å²) in [4.78, 5) is 4.01. The largest absolute Gasteiger partial charge is 0.493 e. The van der Waals surface area contributed by atoms with Gasteiger partial charge in [0.25, 0.3) is 0 Å². The number of halogens is 2. The Morgan fingerprint density at radius 2 is 2.26 bits per heavy atom. The maximum Gasteiger partial charge on any atom is 0.221 e. The van der Waals surface area contributed by atoms with Crippen molar-refractivity contribution in [3.05, 3.63) is 39.9 Å². The molecule has 0 saturated carbocycles. The highest BCUT2D eigenvalue weighted by atomic mass is 79.9. The van der Waals surface area contributed by atoms with Crippen LogP contribution in [0.15, 0.2) is 27.9 Å². The first-order valence-electron chi connectivity index (χ1n) is 5.40. The van der Waals surface area contributed by atoms with Gasteiger partial charge in [0.2, 0.25) is 5.95 Å². The van der Waals surface area contributed by atoms with Gasteiger partial charge in [-0.25, -0.2) is 14.1 Å². The molecule has 0 spiro atoms. The molecule has 0 radical (unpaired) electrons. The lowest BCUT2D eigenvalue weighted by Crippen LogP contribution is -1.99. The molecule has 0 aliphatic heterocycles. The highest BCUT2D eigenvalue weighted by molar-refractivity contribution is 9.10. The maximum atomic E-state index is 13.8. The van der Waals surface area contributed by atoms with Crippen LogP contribution in [0.3, 0.4) is 0 Å². The average molecular weight is 327 g/mol. The van der Waals surface area contributed by atoms with Crippen molar-refractivity contribution in [1.82, 2.24) is 9.66 Å². The summed E-state index contributed by atoms with van der Waals surface area (Å²) < 4.78 is 20.6. The summed E-state index contributed by atoms with van der Waals surface area (Å²) in [6.07, 6.45) is 3.14. The van der Waals surface area contributed by atoms with Crippen LogP contribution >= 0.6 is 15.9 Å². The summed E-state index contributed by atoms with van der Waals surface area (Å²) in [5.41, 5.74) is 6.92. The summed E-state index contributed by atoms with van der Waals surface area (Å²) in [6, 6.07) is 3.27. The van der Waals surface area contributed by atoms with Crippen molar-refractivity contribution in [3.63, 3.8) is 0 Å². The van der Waals surface area contributed by atoms with Crippen LogP contribution in [0.4, 0.5) is 10.3 Å². The summed E-state index contributed by atoms with van der Waals surface area (Å²) in [7, 11) is 1.40. The highest BCUT2D eigenvalue weighted by Gasteiger charge is 2.11. The van der Waals surface area contributed by atoms with Gasteiger partial charge in [0.05, 0.1) is 29.7 Å². The number of hydrogen-bond donors (Lipinski definition) is 1. The number of rotatable bonds is 3. The molecule has 0 unspecified atom stereocenters. The molecule has 2 rings (SSSR count). The molecule has 0 amide bonds. The van der Waals surface area contributed by atoms with Gasteiger partial charge in [-0.1, -0.05) is 0 Å².